The fourth-order valence-corrected chi connectivity index (χ4v) is 8.26. The number of rotatable bonds is 8. The van der Waals surface area contributed by atoms with Gasteiger partial charge in [0.25, 0.3) is 5.91 Å². The molecule has 1 fully saturated rings. The lowest BCUT2D eigenvalue weighted by atomic mass is 9.83. The van der Waals surface area contributed by atoms with Crippen LogP contribution < -0.4 is 24.6 Å². The number of ether oxygens (including phenoxy) is 2. The molecule has 0 aliphatic carbocycles. The predicted molar refractivity (Wildman–Crippen MR) is 167 cm³/mol. The van der Waals surface area contributed by atoms with Gasteiger partial charge in [0.2, 0.25) is 11.8 Å². The Hall–Kier alpha value is -4.77. The molecule has 3 unspecified atom stereocenters. The summed E-state index contributed by atoms with van der Waals surface area (Å²) in [4.78, 5) is 55.8. The molecule has 9 nitrogen and oxygen atoms in total. The number of hydrogen-bond donors (Lipinski definition) is 2. The van der Waals surface area contributed by atoms with Crippen LogP contribution in [-0.2, 0) is 26.7 Å². The Morgan fingerprint density at radius 3 is 2.37 bits per heavy atom. The highest BCUT2D eigenvalue weighted by Crippen LogP contribution is 2.54. The number of nitrogens with one attached hydrogen (secondary N) is 2. The minimum atomic E-state index is -4.85. The minimum absolute atomic E-state index is 0.0589. The number of aromatic amines is 1. The zero-order valence-corrected chi connectivity index (χ0v) is 26.6. The van der Waals surface area contributed by atoms with Crippen LogP contribution in [0.5, 0.6) is 11.5 Å². The first kappa shape index (κ1) is 34.1. The van der Waals surface area contributed by atoms with Gasteiger partial charge in [-0.3, -0.25) is 19.2 Å². The number of anilines is 2. The van der Waals surface area contributed by atoms with Crippen LogP contribution in [0.25, 0.3) is 0 Å². The Bertz CT molecular complexity index is 2010. The van der Waals surface area contributed by atoms with E-state index in [0.29, 0.717) is 20.4 Å². The van der Waals surface area contributed by atoms with Gasteiger partial charge in [0.15, 0.2) is 18.1 Å². The molecule has 49 heavy (non-hydrogen) atoms. The van der Waals surface area contributed by atoms with E-state index < -0.39 is 75.5 Å². The topological polar surface area (TPSA) is 118 Å². The highest BCUT2D eigenvalue weighted by atomic mass is 32.2. The van der Waals surface area contributed by atoms with Crippen molar-refractivity contribution in [3.05, 3.63) is 98.0 Å². The van der Waals surface area contributed by atoms with Gasteiger partial charge in [-0.25, -0.2) is 4.90 Å². The number of carbonyl (C=O) groups excluding carboxylic acids is 3. The molecule has 0 saturated carbocycles. The van der Waals surface area contributed by atoms with Crippen molar-refractivity contribution in [2.24, 2.45) is 5.92 Å². The number of fused-ring (bicyclic) bond motifs is 2. The number of amides is 3. The number of nitrogens with zero attached hydrogens (tertiary/aromatic N) is 1. The highest BCUT2D eigenvalue weighted by molar-refractivity contribution is 8.00. The van der Waals surface area contributed by atoms with E-state index in [9.17, 15) is 45.5 Å². The van der Waals surface area contributed by atoms with Crippen LogP contribution in [0.15, 0.2) is 76.6 Å². The maximum atomic E-state index is 14.0. The third kappa shape index (κ3) is 6.64. The summed E-state index contributed by atoms with van der Waals surface area (Å²) in [6.07, 6.45) is -9.46. The summed E-state index contributed by atoms with van der Waals surface area (Å²) in [5.41, 5.74) is -2.43. The summed E-state index contributed by atoms with van der Waals surface area (Å²) < 4.78 is 92.3. The molecule has 4 aromatic rings. The number of halogens is 6. The van der Waals surface area contributed by atoms with Gasteiger partial charge in [0, 0.05) is 16.5 Å². The Morgan fingerprint density at radius 2 is 1.65 bits per heavy atom. The number of imide groups is 1. The second-order valence-electron chi connectivity index (χ2n) is 10.8. The molecule has 0 spiro atoms. The van der Waals surface area contributed by atoms with E-state index in [1.807, 2.05) is 0 Å². The van der Waals surface area contributed by atoms with Crippen LogP contribution >= 0.6 is 23.1 Å². The number of para-hydroxylation sites is 1. The second-order valence-corrected chi connectivity index (χ2v) is 13.0. The van der Waals surface area contributed by atoms with Crippen LogP contribution in [0.3, 0.4) is 0 Å². The first-order valence-corrected chi connectivity index (χ1v) is 16.2. The van der Waals surface area contributed by atoms with Gasteiger partial charge < -0.3 is 19.8 Å². The SMILES string of the molecule is CCOc1cc(C2c3sc(=O)[nH]c3SC3C(=O)N(c4ccccc4C(F)(F)F)C(=O)C32)ccc1OCC(=O)Nc1cccc(C(F)(F)F)c1. The molecule has 6 rings (SSSR count). The normalized spacial score (nSPS) is 19.0. The summed E-state index contributed by atoms with van der Waals surface area (Å²) >= 11 is 1.70. The van der Waals surface area contributed by atoms with Crippen LogP contribution in [0.1, 0.15) is 34.4 Å². The molecule has 256 valence electrons. The van der Waals surface area contributed by atoms with Crippen LogP contribution in [0.2, 0.25) is 0 Å². The molecule has 1 saturated heterocycles. The van der Waals surface area contributed by atoms with Gasteiger partial charge in [-0.2, -0.15) is 26.3 Å². The Labute approximate surface area is 281 Å². The zero-order chi connectivity index (χ0) is 35.2. The lowest BCUT2D eigenvalue weighted by molar-refractivity contribution is -0.138. The third-order valence-electron chi connectivity index (χ3n) is 7.73. The number of aromatic nitrogens is 1. The summed E-state index contributed by atoms with van der Waals surface area (Å²) in [6.45, 7) is 1.16. The quantitative estimate of drug-likeness (QED) is 0.154. The molecule has 2 N–H and O–H groups in total. The third-order valence-corrected chi connectivity index (χ3v) is 10.1. The molecule has 2 aliphatic rings. The van der Waals surface area contributed by atoms with Crippen LogP contribution in [-0.4, -0.2) is 41.2 Å². The van der Waals surface area contributed by atoms with E-state index in [-0.39, 0.29) is 23.8 Å². The van der Waals surface area contributed by atoms with Crippen molar-refractivity contribution in [2.75, 3.05) is 23.4 Å². The lowest BCUT2D eigenvalue weighted by Crippen LogP contribution is -2.33. The minimum Gasteiger partial charge on any atom is -0.490 e. The molecule has 3 atom stereocenters. The molecule has 17 heteroatoms. The van der Waals surface area contributed by atoms with Crippen LogP contribution in [0.4, 0.5) is 37.7 Å². The van der Waals surface area contributed by atoms with Gasteiger partial charge in [-0.15, -0.1) is 0 Å². The van der Waals surface area contributed by atoms with Gasteiger partial charge in [0.1, 0.15) is 5.25 Å². The van der Waals surface area contributed by atoms with Crippen molar-refractivity contribution in [1.82, 2.24) is 4.98 Å². The van der Waals surface area contributed by atoms with Gasteiger partial charge in [-0.1, -0.05) is 47.4 Å². The molecule has 1 aromatic heterocycles. The van der Waals surface area contributed by atoms with E-state index in [0.717, 1.165) is 59.5 Å². The summed E-state index contributed by atoms with van der Waals surface area (Å²) in [5.74, 6) is -4.50. The summed E-state index contributed by atoms with van der Waals surface area (Å²) in [7, 11) is 0. The monoisotopic (exact) mass is 723 g/mol. The largest absolute Gasteiger partial charge is 0.490 e. The Morgan fingerprint density at radius 1 is 0.898 bits per heavy atom. The zero-order valence-electron chi connectivity index (χ0n) is 25.0. The molecule has 0 bridgehead atoms. The van der Waals surface area contributed by atoms with Gasteiger partial charge in [0.05, 0.1) is 34.4 Å². The molecule has 3 amide bonds. The number of thioether (sulfide) groups is 1. The average molecular weight is 724 g/mol. The van der Waals surface area contributed by atoms with E-state index in [4.69, 9.17) is 9.47 Å². The predicted octanol–water partition coefficient (Wildman–Crippen LogP) is 6.69. The van der Waals surface area contributed by atoms with Crippen molar-refractivity contribution in [1.29, 1.82) is 0 Å². The number of benzene rings is 3. The lowest BCUT2D eigenvalue weighted by Gasteiger charge is -2.30. The van der Waals surface area contributed by atoms with Crippen LogP contribution in [0, 0.1) is 5.92 Å². The van der Waals surface area contributed by atoms with Crippen molar-refractivity contribution in [2.45, 2.75) is 35.5 Å². The number of hydrogen-bond acceptors (Lipinski definition) is 8. The van der Waals surface area contributed by atoms with E-state index >= 15 is 0 Å². The maximum absolute atomic E-state index is 14.0. The Kier molecular flexibility index (Phi) is 9.00. The standard InChI is InChI=1S/C32H23F6N3O6S2/c1-2-46-21-12-15(10-11-20(21)47-14-22(42)39-17-7-5-6-16(13-17)31(33,34)35)23-24-26(48-27-25(23)49-30(45)40-27)29(44)41(28(24)43)19-9-4-3-8-18(19)32(36,37)38/h3-13,23-24,26H,2,14H2,1H3,(H,39,42)(H,40,45). The summed E-state index contributed by atoms with van der Waals surface area (Å²) in [6, 6.07) is 12.7. The maximum Gasteiger partial charge on any atom is 0.418 e. The van der Waals surface area contributed by atoms with Crippen molar-refractivity contribution in [3.63, 3.8) is 0 Å². The Balaban J connectivity index is 1.31. The fraction of sp³-hybridized carbons (Fsp3) is 0.250. The second kappa shape index (κ2) is 12.9. The number of alkyl halides is 6. The summed E-state index contributed by atoms with van der Waals surface area (Å²) in [5, 5.41) is 1.47. The molecular weight excluding hydrogens is 700 g/mol. The fourth-order valence-electron chi connectivity index (χ4n) is 5.74. The average Bonchev–Trinajstić information content (AvgIpc) is 3.53. The van der Waals surface area contributed by atoms with Crippen molar-refractivity contribution >= 4 is 52.2 Å². The molecular formula is C32H23F6N3O6S2. The number of thiazole rings is 1. The van der Waals surface area contributed by atoms with E-state index in [1.165, 1.54) is 30.3 Å². The van der Waals surface area contributed by atoms with Gasteiger partial charge in [-0.05, 0) is 55.0 Å². The van der Waals surface area contributed by atoms with Gasteiger partial charge >= 0.3 is 17.2 Å². The van der Waals surface area contributed by atoms with E-state index in [2.05, 4.69) is 10.3 Å². The van der Waals surface area contributed by atoms with E-state index in [1.54, 1.807) is 6.92 Å². The van der Waals surface area contributed by atoms with Crippen molar-refractivity contribution < 1.29 is 50.2 Å². The number of carbonyl (C=O) groups is 3. The smallest absolute Gasteiger partial charge is 0.418 e. The highest BCUT2D eigenvalue weighted by Gasteiger charge is 2.57. The first-order chi connectivity index (χ1) is 23.2. The molecule has 3 aromatic carbocycles. The molecule has 0 radical (unpaired) electrons. The first-order valence-electron chi connectivity index (χ1n) is 14.5. The molecule has 3 heterocycles. The van der Waals surface area contributed by atoms with Crippen molar-refractivity contribution in [3.8, 4) is 11.5 Å². The number of H-pyrrole nitrogens is 1. The molecule has 2 aliphatic heterocycles.